The van der Waals surface area contributed by atoms with Gasteiger partial charge in [0, 0.05) is 62.7 Å². The van der Waals surface area contributed by atoms with Crippen molar-refractivity contribution in [3.63, 3.8) is 0 Å². The van der Waals surface area contributed by atoms with Crippen molar-refractivity contribution in [2.45, 2.75) is 39.2 Å². The lowest BCUT2D eigenvalue weighted by Gasteiger charge is -2.23. The number of benzene rings is 4. The minimum absolute atomic E-state index is 0.667. The number of nitriles is 1. The summed E-state index contributed by atoms with van der Waals surface area (Å²) in [5, 5.41) is 10.4. The first-order valence-electron chi connectivity index (χ1n) is 11.3. The van der Waals surface area contributed by atoms with Crippen LogP contribution in [-0.4, -0.2) is 4.98 Å². The van der Waals surface area contributed by atoms with Gasteiger partial charge in [-0.2, -0.15) is 5.26 Å². The lowest BCUT2D eigenvalue weighted by molar-refractivity contribution is 1.15. The van der Waals surface area contributed by atoms with Crippen LogP contribution in [0.1, 0.15) is 5.56 Å². The predicted molar refractivity (Wildman–Crippen MR) is 149 cm³/mol. The fourth-order valence-electron chi connectivity index (χ4n) is 4.51. The van der Waals surface area contributed by atoms with Gasteiger partial charge in [0.15, 0.2) is 0 Å². The van der Waals surface area contributed by atoms with E-state index in [-0.39, 0.29) is 0 Å². The second-order valence-corrected chi connectivity index (χ2v) is 12.6. The van der Waals surface area contributed by atoms with Gasteiger partial charge in [0.2, 0.25) is 0 Å². The molecule has 0 radical (unpaired) electrons. The maximum atomic E-state index is 10.4. The molecule has 4 aromatic carbocycles. The molecule has 2 aliphatic heterocycles. The van der Waals surface area contributed by atoms with Crippen LogP contribution in [0.25, 0.3) is 22.3 Å². The van der Waals surface area contributed by atoms with Gasteiger partial charge < -0.3 is 0 Å². The highest BCUT2D eigenvalue weighted by Crippen LogP contribution is 2.54. The van der Waals surface area contributed by atoms with Crippen LogP contribution in [0.4, 0.5) is 0 Å². The van der Waals surface area contributed by atoms with Crippen LogP contribution < -0.4 is 0 Å². The third kappa shape index (κ3) is 3.66. The van der Waals surface area contributed by atoms with Gasteiger partial charge in [-0.25, -0.2) is 0 Å². The number of nitrogens with zero attached hydrogens (tertiary/aromatic N) is 2. The van der Waals surface area contributed by atoms with Crippen molar-refractivity contribution in [1.29, 1.82) is 5.26 Å². The highest BCUT2D eigenvalue weighted by molar-refractivity contribution is 8.05. The van der Waals surface area contributed by atoms with E-state index in [1.165, 1.54) is 39.2 Å². The summed E-state index contributed by atoms with van der Waals surface area (Å²) >= 11 is 7.12. The molecule has 5 aromatic rings. The van der Waals surface area contributed by atoms with Crippen molar-refractivity contribution >= 4 is 47.0 Å². The van der Waals surface area contributed by atoms with Crippen LogP contribution in [-0.2, 0) is 0 Å². The summed E-state index contributed by atoms with van der Waals surface area (Å²) in [4.78, 5) is 14.5. The second kappa shape index (κ2) is 9.10. The van der Waals surface area contributed by atoms with E-state index in [0.717, 1.165) is 22.3 Å². The smallest absolute Gasteiger partial charge is 0.101 e. The van der Waals surface area contributed by atoms with Crippen molar-refractivity contribution in [1.82, 2.24) is 4.98 Å². The molecule has 0 N–H and O–H groups in total. The minimum Gasteiger partial charge on any atom is -0.263 e. The van der Waals surface area contributed by atoms with E-state index in [2.05, 4.69) is 96.0 Å². The standard InChI is InChI=1S/C30H16N2S4/c31-15-20-21(18-7-5-13-27-29(18)35-25-11-3-1-9-23(25)33-27)16-32-17-22(20)19-8-6-14-28-30(19)36-26-12-4-2-10-24(26)34-28/h1-14,16-17H. The highest BCUT2D eigenvalue weighted by Gasteiger charge is 2.25. The number of hydrogen-bond donors (Lipinski definition) is 0. The molecule has 0 saturated heterocycles. The lowest BCUT2D eigenvalue weighted by Crippen LogP contribution is -1.98. The summed E-state index contributed by atoms with van der Waals surface area (Å²) in [5.74, 6) is 0. The van der Waals surface area contributed by atoms with Crippen LogP contribution in [0.2, 0.25) is 0 Å². The van der Waals surface area contributed by atoms with Gasteiger partial charge >= 0.3 is 0 Å². The summed E-state index contributed by atoms with van der Waals surface area (Å²) in [6.45, 7) is 0. The van der Waals surface area contributed by atoms with Crippen LogP contribution in [0.15, 0.2) is 136 Å². The molecule has 0 spiro atoms. The van der Waals surface area contributed by atoms with Gasteiger partial charge in [-0.3, -0.25) is 4.98 Å². The van der Waals surface area contributed by atoms with Gasteiger partial charge in [0.25, 0.3) is 0 Å². The van der Waals surface area contributed by atoms with Crippen LogP contribution >= 0.6 is 47.0 Å². The Morgan fingerprint density at radius 3 is 1.33 bits per heavy atom. The Labute approximate surface area is 226 Å². The van der Waals surface area contributed by atoms with Crippen LogP contribution in [0.3, 0.4) is 0 Å². The first kappa shape index (κ1) is 22.1. The molecule has 36 heavy (non-hydrogen) atoms. The monoisotopic (exact) mass is 532 g/mol. The second-order valence-electron chi connectivity index (χ2n) is 8.29. The quantitative estimate of drug-likeness (QED) is 0.221. The number of rotatable bonds is 2. The molecule has 0 atom stereocenters. The number of aromatic nitrogens is 1. The number of pyridine rings is 1. The molecular formula is C30H16N2S4. The SMILES string of the molecule is N#Cc1c(-c2cccc3c2Sc2ccccc2S3)cncc1-c1cccc2c1Sc1ccccc1S2. The molecule has 7 rings (SSSR count). The highest BCUT2D eigenvalue weighted by atomic mass is 32.2. The van der Waals surface area contributed by atoms with Gasteiger partial charge in [0.05, 0.1) is 5.56 Å². The Morgan fingerprint density at radius 1 is 0.472 bits per heavy atom. The van der Waals surface area contributed by atoms with Crippen molar-refractivity contribution in [2.24, 2.45) is 0 Å². The normalized spacial score (nSPS) is 13.1. The van der Waals surface area contributed by atoms with Gasteiger partial charge in [-0.1, -0.05) is 95.6 Å². The molecule has 0 amide bonds. The fraction of sp³-hybridized carbons (Fsp3) is 0. The van der Waals surface area contributed by atoms with E-state index in [9.17, 15) is 5.26 Å². The molecule has 170 valence electrons. The van der Waals surface area contributed by atoms with Gasteiger partial charge in [-0.15, -0.1) is 0 Å². The summed E-state index contributed by atoms with van der Waals surface area (Å²) in [6, 6.07) is 32.2. The molecule has 2 aliphatic rings. The third-order valence-electron chi connectivity index (χ3n) is 6.16. The Balaban J connectivity index is 1.38. The van der Waals surface area contributed by atoms with Crippen LogP contribution in [0, 0.1) is 11.3 Å². The molecule has 0 bridgehead atoms. The molecule has 0 fully saturated rings. The molecule has 3 heterocycles. The summed E-state index contributed by atoms with van der Waals surface area (Å²) in [6.07, 6.45) is 3.69. The van der Waals surface area contributed by atoms with E-state index < -0.39 is 0 Å². The molecule has 0 saturated carbocycles. The Kier molecular flexibility index (Phi) is 5.60. The first-order chi connectivity index (χ1) is 17.8. The Hall–Kier alpha value is -3.08. The van der Waals surface area contributed by atoms with E-state index in [0.29, 0.717) is 5.56 Å². The van der Waals surface area contributed by atoms with Crippen molar-refractivity contribution in [3.05, 3.63) is 103 Å². The maximum Gasteiger partial charge on any atom is 0.101 e. The predicted octanol–water partition coefficient (Wildman–Crippen LogP) is 9.52. The van der Waals surface area contributed by atoms with Crippen molar-refractivity contribution in [3.8, 4) is 28.3 Å². The Morgan fingerprint density at radius 2 is 0.889 bits per heavy atom. The van der Waals surface area contributed by atoms with E-state index in [1.54, 1.807) is 47.0 Å². The number of hydrogen-bond acceptors (Lipinski definition) is 6. The molecule has 6 heteroatoms. The number of fused-ring (bicyclic) bond motifs is 4. The third-order valence-corrected chi connectivity index (χ3v) is 11.4. The molecular weight excluding hydrogens is 517 g/mol. The zero-order chi connectivity index (χ0) is 24.1. The lowest BCUT2D eigenvalue weighted by atomic mass is 9.95. The van der Waals surface area contributed by atoms with Crippen molar-refractivity contribution < 1.29 is 0 Å². The summed E-state index contributed by atoms with van der Waals surface area (Å²) in [7, 11) is 0. The maximum absolute atomic E-state index is 10.4. The minimum atomic E-state index is 0.667. The van der Waals surface area contributed by atoms with E-state index in [1.807, 2.05) is 12.4 Å². The van der Waals surface area contributed by atoms with E-state index >= 15 is 0 Å². The molecule has 2 nitrogen and oxygen atoms in total. The van der Waals surface area contributed by atoms with Gasteiger partial charge in [0.1, 0.15) is 6.07 Å². The first-order valence-corrected chi connectivity index (χ1v) is 14.6. The van der Waals surface area contributed by atoms with E-state index in [4.69, 9.17) is 0 Å². The van der Waals surface area contributed by atoms with Crippen molar-refractivity contribution in [2.75, 3.05) is 0 Å². The largest absolute Gasteiger partial charge is 0.263 e. The Bertz CT molecular complexity index is 1600. The molecule has 0 aliphatic carbocycles. The average molecular weight is 533 g/mol. The fourth-order valence-corrected chi connectivity index (χ4v) is 9.30. The average Bonchev–Trinajstić information content (AvgIpc) is 2.94. The molecule has 0 unspecified atom stereocenters. The summed E-state index contributed by atoms with van der Waals surface area (Å²) < 4.78 is 0. The topological polar surface area (TPSA) is 36.7 Å². The van der Waals surface area contributed by atoms with Crippen LogP contribution in [0.5, 0.6) is 0 Å². The van der Waals surface area contributed by atoms with Gasteiger partial charge in [-0.05, 0) is 47.5 Å². The zero-order valence-electron chi connectivity index (χ0n) is 18.8. The zero-order valence-corrected chi connectivity index (χ0v) is 22.0. The molecule has 1 aromatic heterocycles. The summed E-state index contributed by atoms with van der Waals surface area (Å²) in [5.41, 5.74) is 4.54.